The lowest BCUT2D eigenvalue weighted by Crippen LogP contribution is -2.39. The average molecular weight is 386 g/mol. The molecule has 3 N–H and O–H groups in total. The van der Waals surface area contributed by atoms with Crippen molar-refractivity contribution >= 4 is 11.9 Å². The van der Waals surface area contributed by atoms with E-state index in [4.69, 9.17) is 0 Å². The molecule has 7 nitrogen and oxygen atoms in total. The lowest BCUT2D eigenvalue weighted by molar-refractivity contribution is 0.0946. The van der Waals surface area contributed by atoms with Crippen molar-refractivity contribution in [3.05, 3.63) is 52.8 Å². The molecule has 1 aromatic carbocycles. The van der Waals surface area contributed by atoms with Crippen LogP contribution >= 0.6 is 0 Å². The summed E-state index contributed by atoms with van der Waals surface area (Å²) >= 11 is 0. The number of aryl methyl sites for hydroxylation is 2. The van der Waals surface area contributed by atoms with E-state index in [-0.39, 0.29) is 23.9 Å². The average Bonchev–Trinajstić information content (AvgIpc) is 2.94. The molecule has 0 bridgehead atoms. The molecule has 152 valence electrons. The number of rotatable bonds is 8. The molecule has 0 saturated carbocycles. The summed E-state index contributed by atoms with van der Waals surface area (Å²) in [5, 5.41) is 13.0. The Morgan fingerprint density at radius 2 is 1.75 bits per heavy atom. The Labute approximate surface area is 166 Å². The maximum absolute atomic E-state index is 12.4. The van der Waals surface area contributed by atoms with Gasteiger partial charge >= 0.3 is 6.03 Å². The van der Waals surface area contributed by atoms with E-state index in [0.717, 1.165) is 23.5 Å². The molecule has 1 aromatic heterocycles. The molecule has 1 atom stereocenters. The van der Waals surface area contributed by atoms with Crippen LogP contribution in [-0.2, 0) is 13.1 Å². The van der Waals surface area contributed by atoms with E-state index in [0.29, 0.717) is 18.7 Å². The molecule has 0 unspecified atom stereocenters. The van der Waals surface area contributed by atoms with E-state index in [1.807, 2.05) is 50.6 Å². The molecule has 0 aliphatic carbocycles. The predicted molar refractivity (Wildman–Crippen MR) is 110 cm³/mol. The van der Waals surface area contributed by atoms with Crippen molar-refractivity contribution in [2.45, 2.75) is 53.8 Å². The molecule has 0 fully saturated rings. The van der Waals surface area contributed by atoms with E-state index in [1.54, 1.807) is 12.1 Å². The summed E-state index contributed by atoms with van der Waals surface area (Å²) in [5.41, 5.74) is 3.68. The fourth-order valence-electron chi connectivity index (χ4n) is 2.86. The Morgan fingerprint density at radius 3 is 2.32 bits per heavy atom. The summed E-state index contributed by atoms with van der Waals surface area (Å²) in [5.74, 6) is 0.169. The molecule has 0 aliphatic rings. The van der Waals surface area contributed by atoms with Crippen LogP contribution in [-0.4, -0.2) is 34.3 Å². The molecular weight excluding hydrogens is 354 g/mol. The summed E-state index contributed by atoms with van der Waals surface area (Å²) in [6.07, 6.45) is 0. The monoisotopic (exact) mass is 385 g/mol. The molecule has 1 heterocycles. The highest BCUT2D eigenvalue weighted by Crippen LogP contribution is 2.07. The number of hydrogen-bond acceptors (Lipinski definition) is 3. The second-order valence-corrected chi connectivity index (χ2v) is 7.60. The first kappa shape index (κ1) is 21.5. The van der Waals surface area contributed by atoms with Crippen molar-refractivity contribution in [1.29, 1.82) is 0 Å². The van der Waals surface area contributed by atoms with E-state index < -0.39 is 0 Å². The second kappa shape index (κ2) is 9.92. The molecule has 0 spiro atoms. The van der Waals surface area contributed by atoms with Crippen LogP contribution in [0.3, 0.4) is 0 Å². The van der Waals surface area contributed by atoms with Crippen LogP contribution in [0.5, 0.6) is 0 Å². The van der Waals surface area contributed by atoms with Crippen LogP contribution in [0, 0.1) is 19.8 Å². The van der Waals surface area contributed by atoms with Crippen LogP contribution in [0.4, 0.5) is 4.79 Å². The van der Waals surface area contributed by atoms with Gasteiger partial charge < -0.3 is 16.0 Å². The highest BCUT2D eigenvalue weighted by atomic mass is 16.2. The van der Waals surface area contributed by atoms with Gasteiger partial charge in [-0.1, -0.05) is 19.1 Å². The number of carbonyl (C=O) groups excluding carboxylic acids is 2. The van der Waals surface area contributed by atoms with Gasteiger partial charge in [-0.05, 0) is 57.4 Å². The molecule has 0 radical (unpaired) electrons. The van der Waals surface area contributed by atoms with Gasteiger partial charge in [0.15, 0.2) is 0 Å². The molecule has 0 aliphatic heterocycles. The van der Waals surface area contributed by atoms with Crippen LogP contribution in [0.25, 0.3) is 0 Å². The number of nitrogens with one attached hydrogen (secondary N) is 3. The molecule has 0 saturated heterocycles. The smallest absolute Gasteiger partial charge is 0.315 e. The van der Waals surface area contributed by atoms with Gasteiger partial charge in [-0.2, -0.15) is 5.10 Å². The zero-order valence-corrected chi connectivity index (χ0v) is 17.4. The van der Waals surface area contributed by atoms with Gasteiger partial charge in [-0.15, -0.1) is 0 Å². The van der Waals surface area contributed by atoms with Crippen LogP contribution in [0.15, 0.2) is 30.3 Å². The largest absolute Gasteiger partial charge is 0.352 e. The Bertz CT molecular complexity index is 796. The predicted octanol–water partition coefficient (Wildman–Crippen LogP) is 2.77. The van der Waals surface area contributed by atoms with Gasteiger partial charge in [-0.3, -0.25) is 9.48 Å². The number of nitrogens with zero attached hydrogens (tertiary/aromatic N) is 2. The van der Waals surface area contributed by atoms with Gasteiger partial charge in [0.2, 0.25) is 0 Å². The summed E-state index contributed by atoms with van der Waals surface area (Å²) in [4.78, 5) is 24.0. The first-order valence-electron chi connectivity index (χ1n) is 9.67. The second-order valence-electron chi connectivity index (χ2n) is 7.60. The Balaban J connectivity index is 1.79. The van der Waals surface area contributed by atoms with E-state index >= 15 is 0 Å². The van der Waals surface area contributed by atoms with Gasteiger partial charge in [0.05, 0.1) is 5.69 Å². The van der Waals surface area contributed by atoms with Crippen molar-refractivity contribution in [2.24, 2.45) is 5.92 Å². The maximum atomic E-state index is 12.4. The molecule has 3 amide bonds. The highest BCUT2D eigenvalue weighted by molar-refractivity contribution is 5.94. The van der Waals surface area contributed by atoms with Gasteiger partial charge in [0.25, 0.3) is 5.91 Å². The topological polar surface area (TPSA) is 88.0 Å². The number of aromatic nitrogens is 2. The Morgan fingerprint density at radius 1 is 1.07 bits per heavy atom. The van der Waals surface area contributed by atoms with Crippen molar-refractivity contribution in [2.75, 3.05) is 6.54 Å². The SMILES string of the molecule is Cc1cc(C)n(C[C@H](C)CNC(=O)c2ccc(CNC(=O)NC(C)C)cc2)n1. The summed E-state index contributed by atoms with van der Waals surface area (Å²) < 4.78 is 1.98. The third-order valence-electron chi connectivity index (χ3n) is 4.29. The van der Waals surface area contributed by atoms with Gasteiger partial charge in [-0.25, -0.2) is 4.79 Å². The number of carbonyl (C=O) groups is 2. The molecule has 2 rings (SSSR count). The molecular formula is C21H31N5O2. The molecule has 28 heavy (non-hydrogen) atoms. The zero-order valence-electron chi connectivity index (χ0n) is 17.4. The van der Waals surface area contributed by atoms with Crippen LogP contribution in [0.2, 0.25) is 0 Å². The molecule has 2 aromatic rings. The van der Waals surface area contributed by atoms with E-state index in [2.05, 4.69) is 28.0 Å². The highest BCUT2D eigenvalue weighted by Gasteiger charge is 2.11. The van der Waals surface area contributed by atoms with Crippen molar-refractivity contribution in [3.8, 4) is 0 Å². The van der Waals surface area contributed by atoms with Gasteiger partial charge in [0.1, 0.15) is 0 Å². The summed E-state index contributed by atoms with van der Waals surface area (Å²) in [6.45, 7) is 11.7. The van der Waals surface area contributed by atoms with E-state index in [9.17, 15) is 9.59 Å². The standard InChI is InChI=1S/C21H31N5O2/c1-14(2)24-21(28)23-12-18-6-8-19(9-7-18)20(27)22-11-15(3)13-26-17(5)10-16(4)25-26/h6-10,14-15H,11-13H2,1-5H3,(H,22,27)(H2,23,24,28)/t15-/m1/s1. The zero-order chi connectivity index (χ0) is 20.7. The lowest BCUT2D eigenvalue weighted by Gasteiger charge is -2.14. The number of benzene rings is 1. The van der Waals surface area contributed by atoms with Gasteiger partial charge in [0, 0.05) is 36.9 Å². The summed E-state index contributed by atoms with van der Waals surface area (Å²) in [6, 6.07) is 9.20. The molecule has 7 heteroatoms. The minimum Gasteiger partial charge on any atom is -0.352 e. The van der Waals surface area contributed by atoms with Crippen molar-refractivity contribution in [3.63, 3.8) is 0 Å². The lowest BCUT2D eigenvalue weighted by atomic mass is 10.1. The quantitative estimate of drug-likeness (QED) is 0.653. The third-order valence-corrected chi connectivity index (χ3v) is 4.29. The summed E-state index contributed by atoms with van der Waals surface area (Å²) in [7, 11) is 0. The fraction of sp³-hybridized carbons (Fsp3) is 0.476. The van der Waals surface area contributed by atoms with Crippen LogP contribution in [0.1, 0.15) is 48.1 Å². The third kappa shape index (κ3) is 6.72. The first-order valence-corrected chi connectivity index (χ1v) is 9.67. The number of amides is 3. The Hall–Kier alpha value is -2.83. The first-order chi connectivity index (χ1) is 13.2. The fourth-order valence-corrected chi connectivity index (χ4v) is 2.86. The minimum atomic E-state index is -0.201. The number of hydrogen-bond donors (Lipinski definition) is 3. The number of urea groups is 1. The van der Waals surface area contributed by atoms with Crippen LogP contribution < -0.4 is 16.0 Å². The maximum Gasteiger partial charge on any atom is 0.315 e. The normalized spacial score (nSPS) is 11.9. The minimum absolute atomic E-state index is 0.0923. The van der Waals surface area contributed by atoms with Crippen molar-refractivity contribution < 1.29 is 9.59 Å². The van der Waals surface area contributed by atoms with Crippen molar-refractivity contribution in [1.82, 2.24) is 25.7 Å². The van der Waals surface area contributed by atoms with E-state index in [1.165, 1.54) is 0 Å². The Kier molecular flexibility index (Phi) is 7.61.